The standard InChI is InChI=1S/C12H27BrN/c1-4-5-6-7-8-9-11-14(2,3)12-10-13/h4-12H2,1-3H3/q+1. The second kappa shape index (κ2) is 8.72. The van der Waals surface area contributed by atoms with Crippen molar-refractivity contribution in [3.05, 3.63) is 0 Å². The molecule has 0 N–H and O–H groups in total. The minimum atomic E-state index is 1.12. The van der Waals surface area contributed by atoms with Crippen molar-refractivity contribution in [1.29, 1.82) is 0 Å². The Hall–Kier alpha value is 0.440. The largest absolute Gasteiger partial charge is 0.328 e. The number of unbranched alkanes of at least 4 members (excludes halogenated alkanes) is 5. The van der Waals surface area contributed by atoms with Crippen LogP contribution >= 0.6 is 15.9 Å². The summed E-state index contributed by atoms with van der Waals surface area (Å²) >= 11 is 3.51. The second-order valence-corrected chi connectivity index (χ2v) is 5.63. The molecule has 0 fully saturated rings. The molecule has 0 aliphatic heterocycles. The van der Waals surface area contributed by atoms with Gasteiger partial charge in [-0.05, 0) is 12.8 Å². The quantitative estimate of drug-likeness (QED) is 0.338. The Morgan fingerprint density at radius 1 is 0.857 bits per heavy atom. The summed E-state index contributed by atoms with van der Waals surface area (Å²) in [6, 6.07) is 0. The highest BCUT2D eigenvalue weighted by Gasteiger charge is 2.12. The van der Waals surface area contributed by atoms with Crippen LogP contribution in [0.3, 0.4) is 0 Å². The minimum absolute atomic E-state index is 1.12. The van der Waals surface area contributed by atoms with Crippen LogP contribution in [0.5, 0.6) is 0 Å². The number of hydrogen-bond donors (Lipinski definition) is 0. The minimum Gasteiger partial charge on any atom is -0.328 e. The predicted octanol–water partition coefficient (Wildman–Crippen LogP) is 3.82. The molecule has 0 aromatic rings. The van der Waals surface area contributed by atoms with Crippen LogP contribution in [0.2, 0.25) is 0 Å². The van der Waals surface area contributed by atoms with Gasteiger partial charge < -0.3 is 4.48 Å². The van der Waals surface area contributed by atoms with Gasteiger partial charge in [-0.3, -0.25) is 0 Å². The number of alkyl halides is 1. The van der Waals surface area contributed by atoms with Gasteiger partial charge in [-0.25, -0.2) is 0 Å². The van der Waals surface area contributed by atoms with Crippen LogP contribution in [-0.4, -0.2) is 37.0 Å². The summed E-state index contributed by atoms with van der Waals surface area (Å²) in [7, 11) is 4.65. The monoisotopic (exact) mass is 264 g/mol. The molecular formula is C12H27BrN+. The third-order valence-electron chi connectivity index (χ3n) is 2.81. The molecule has 0 saturated carbocycles. The van der Waals surface area contributed by atoms with Crippen LogP contribution in [0.4, 0.5) is 0 Å². The molecule has 1 nitrogen and oxygen atoms in total. The lowest BCUT2D eigenvalue weighted by Crippen LogP contribution is -2.41. The average Bonchev–Trinajstić information content (AvgIpc) is 2.11. The molecule has 86 valence electrons. The zero-order valence-corrected chi connectivity index (χ0v) is 11.8. The molecular weight excluding hydrogens is 238 g/mol. The van der Waals surface area contributed by atoms with Crippen molar-refractivity contribution >= 4 is 15.9 Å². The molecule has 0 radical (unpaired) electrons. The van der Waals surface area contributed by atoms with Gasteiger partial charge in [0.2, 0.25) is 0 Å². The Labute approximate surface area is 98.6 Å². The lowest BCUT2D eigenvalue weighted by Gasteiger charge is -2.29. The fourth-order valence-electron chi connectivity index (χ4n) is 1.66. The van der Waals surface area contributed by atoms with E-state index in [1.54, 1.807) is 0 Å². The zero-order chi connectivity index (χ0) is 10.9. The summed E-state index contributed by atoms with van der Waals surface area (Å²) in [5.74, 6) is 0. The van der Waals surface area contributed by atoms with Crippen LogP contribution in [0.1, 0.15) is 45.4 Å². The fraction of sp³-hybridized carbons (Fsp3) is 1.00. The highest BCUT2D eigenvalue weighted by molar-refractivity contribution is 9.09. The highest BCUT2D eigenvalue weighted by atomic mass is 79.9. The first-order valence-electron chi connectivity index (χ1n) is 6.00. The van der Waals surface area contributed by atoms with E-state index in [-0.39, 0.29) is 0 Å². The van der Waals surface area contributed by atoms with Crippen LogP contribution in [0, 0.1) is 0 Å². The van der Waals surface area contributed by atoms with E-state index >= 15 is 0 Å². The number of halogens is 1. The summed E-state index contributed by atoms with van der Waals surface area (Å²) in [6.07, 6.45) is 8.45. The third-order valence-corrected chi connectivity index (χ3v) is 3.16. The SMILES string of the molecule is CCCCCCCC[N+](C)(C)CCBr. The van der Waals surface area contributed by atoms with Gasteiger partial charge in [0, 0.05) is 0 Å². The molecule has 0 bridgehead atoms. The van der Waals surface area contributed by atoms with Crippen molar-refractivity contribution < 1.29 is 4.48 Å². The van der Waals surface area contributed by atoms with Gasteiger partial charge >= 0.3 is 0 Å². The maximum absolute atomic E-state index is 3.51. The summed E-state index contributed by atoms with van der Waals surface area (Å²) in [4.78, 5) is 0. The smallest absolute Gasteiger partial charge is 0.0880 e. The van der Waals surface area contributed by atoms with Crippen molar-refractivity contribution in [2.45, 2.75) is 45.4 Å². The van der Waals surface area contributed by atoms with Gasteiger partial charge in [-0.2, -0.15) is 0 Å². The van der Waals surface area contributed by atoms with E-state index < -0.39 is 0 Å². The number of quaternary nitrogens is 1. The molecule has 0 unspecified atom stereocenters. The normalized spacial score (nSPS) is 12.0. The van der Waals surface area contributed by atoms with E-state index in [9.17, 15) is 0 Å². The third kappa shape index (κ3) is 9.01. The van der Waals surface area contributed by atoms with Crippen molar-refractivity contribution in [3.63, 3.8) is 0 Å². The Kier molecular flexibility index (Phi) is 9.00. The molecule has 0 aromatic heterocycles. The molecule has 14 heavy (non-hydrogen) atoms. The molecule has 0 atom stereocenters. The van der Waals surface area contributed by atoms with Crippen molar-refractivity contribution in [2.24, 2.45) is 0 Å². The van der Waals surface area contributed by atoms with E-state index in [4.69, 9.17) is 0 Å². The first kappa shape index (κ1) is 14.4. The number of rotatable bonds is 9. The van der Waals surface area contributed by atoms with Gasteiger partial charge in [-0.1, -0.05) is 48.5 Å². The number of nitrogens with zero attached hydrogens (tertiary/aromatic N) is 1. The van der Waals surface area contributed by atoms with E-state index in [0.717, 1.165) is 5.33 Å². The first-order chi connectivity index (χ1) is 6.62. The zero-order valence-electron chi connectivity index (χ0n) is 10.2. The Morgan fingerprint density at radius 2 is 1.43 bits per heavy atom. The summed E-state index contributed by atoms with van der Waals surface area (Å²) in [6.45, 7) is 4.85. The lowest BCUT2D eigenvalue weighted by molar-refractivity contribution is -0.887. The highest BCUT2D eigenvalue weighted by Crippen LogP contribution is 2.08. The Bertz CT molecular complexity index is 123. The van der Waals surface area contributed by atoms with Crippen LogP contribution < -0.4 is 0 Å². The molecule has 2 heteroatoms. The van der Waals surface area contributed by atoms with Gasteiger partial charge in [0.05, 0.1) is 32.5 Å². The van der Waals surface area contributed by atoms with Crippen molar-refractivity contribution in [1.82, 2.24) is 0 Å². The van der Waals surface area contributed by atoms with Gasteiger partial charge in [0.25, 0.3) is 0 Å². The van der Waals surface area contributed by atoms with Crippen LogP contribution in [-0.2, 0) is 0 Å². The van der Waals surface area contributed by atoms with Crippen molar-refractivity contribution in [3.8, 4) is 0 Å². The van der Waals surface area contributed by atoms with Gasteiger partial charge in [-0.15, -0.1) is 0 Å². The molecule has 0 rings (SSSR count). The second-order valence-electron chi connectivity index (χ2n) is 4.84. The van der Waals surface area contributed by atoms with E-state index in [1.165, 1.54) is 56.1 Å². The molecule has 0 spiro atoms. The maximum atomic E-state index is 3.51. The first-order valence-corrected chi connectivity index (χ1v) is 7.12. The molecule has 0 heterocycles. The summed E-state index contributed by atoms with van der Waals surface area (Å²) in [5.41, 5.74) is 0. The fourth-order valence-corrected chi connectivity index (χ4v) is 2.62. The number of hydrogen-bond acceptors (Lipinski definition) is 0. The molecule has 0 aliphatic carbocycles. The molecule has 0 amide bonds. The van der Waals surface area contributed by atoms with E-state index in [2.05, 4.69) is 36.9 Å². The Morgan fingerprint density at radius 3 is 2.00 bits per heavy atom. The van der Waals surface area contributed by atoms with Gasteiger partial charge in [0.15, 0.2) is 0 Å². The van der Waals surface area contributed by atoms with Crippen LogP contribution in [0.15, 0.2) is 0 Å². The molecule has 0 aliphatic rings. The Balaban J connectivity index is 3.26. The van der Waals surface area contributed by atoms with E-state index in [0.29, 0.717) is 0 Å². The summed E-state index contributed by atoms with van der Waals surface area (Å²) in [5, 5.41) is 1.12. The van der Waals surface area contributed by atoms with Gasteiger partial charge in [0.1, 0.15) is 0 Å². The van der Waals surface area contributed by atoms with Crippen molar-refractivity contribution in [2.75, 3.05) is 32.5 Å². The maximum Gasteiger partial charge on any atom is 0.0880 e. The lowest BCUT2D eigenvalue weighted by atomic mass is 10.1. The van der Waals surface area contributed by atoms with Crippen LogP contribution in [0.25, 0.3) is 0 Å². The molecule has 0 saturated heterocycles. The summed E-state index contributed by atoms with van der Waals surface area (Å²) < 4.78 is 1.17. The molecule has 0 aromatic carbocycles. The average molecular weight is 265 g/mol. The topological polar surface area (TPSA) is 0 Å². The van der Waals surface area contributed by atoms with E-state index in [1.807, 2.05) is 0 Å². The predicted molar refractivity (Wildman–Crippen MR) is 69.0 cm³/mol.